The lowest BCUT2D eigenvalue weighted by atomic mass is 10.1. The van der Waals surface area contributed by atoms with Crippen molar-refractivity contribution >= 4 is 44.2 Å². The predicted octanol–water partition coefficient (Wildman–Crippen LogP) is 5.28. The van der Waals surface area contributed by atoms with E-state index in [1.165, 1.54) is 11.3 Å². The second-order valence-corrected chi connectivity index (χ2v) is 9.63. The lowest BCUT2D eigenvalue weighted by Crippen LogP contribution is -2.39. The molecule has 0 radical (unpaired) electrons. The average molecular weight is 497 g/mol. The van der Waals surface area contributed by atoms with Gasteiger partial charge in [-0.05, 0) is 25.0 Å². The highest BCUT2D eigenvalue weighted by Crippen LogP contribution is 2.36. The van der Waals surface area contributed by atoms with Crippen LogP contribution in [0.15, 0.2) is 53.1 Å². The average Bonchev–Trinajstić information content (AvgIpc) is 3.54. The molecule has 3 heterocycles. The van der Waals surface area contributed by atoms with Crippen molar-refractivity contribution in [1.29, 1.82) is 0 Å². The third kappa shape index (κ3) is 4.86. The highest BCUT2D eigenvalue weighted by atomic mass is 35.5. The highest BCUT2D eigenvalue weighted by molar-refractivity contribution is 7.23. The summed E-state index contributed by atoms with van der Waals surface area (Å²) in [5, 5.41) is 5.33. The van der Waals surface area contributed by atoms with E-state index in [-0.39, 0.29) is 11.6 Å². The number of carbonyl (C=O) groups excluding carboxylic acids is 1. The summed E-state index contributed by atoms with van der Waals surface area (Å²) in [6, 6.07) is 15.1. The minimum atomic E-state index is -0.235. The molecule has 176 valence electrons. The standard InChI is InChI=1S/C25H25ClN4O3S/c1-17-8-9-19(26)23-22(17)27-25(34-23)30(11-5-10-29-12-14-32-15-13-29)24(31)20-16-21(33-28-20)18-6-3-2-4-7-18/h2-4,6-9,16H,5,10-15H2,1H3. The first-order valence-corrected chi connectivity index (χ1v) is 12.5. The van der Waals surface area contributed by atoms with Crippen LogP contribution in [0, 0.1) is 6.92 Å². The minimum absolute atomic E-state index is 0.235. The maximum Gasteiger partial charge on any atom is 0.282 e. The van der Waals surface area contributed by atoms with Gasteiger partial charge in [0.05, 0.1) is 28.5 Å². The number of thiazole rings is 1. The zero-order valence-electron chi connectivity index (χ0n) is 18.9. The number of nitrogens with zero attached hydrogens (tertiary/aromatic N) is 4. The van der Waals surface area contributed by atoms with Crippen molar-refractivity contribution in [2.45, 2.75) is 13.3 Å². The zero-order chi connectivity index (χ0) is 23.5. The van der Waals surface area contributed by atoms with Crippen molar-refractivity contribution in [3.05, 3.63) is 64.8 Å². The fourth-order valence-corrected chi connectivity index (χ4v) is 5.36. The summed E-state index contributed by atoms with van der Waals surface area (Å²) >= 11 is 7.87. The quantitative estimate of drug-likeness (QED) is 0.346. The summed E-state index contributed by atoms with van der Waals surface area (Å²) in [5.41, 5.74) is 2.97. The van der Waals surface area contributed by atoms with Crippen LogP contribution in [0.1, 0.15) is 22.5 Å². The number of aryl methyl sites for hydroxylation is 1. The molecular weight excluding hydrogens is 472 g/mol. The van der Waals surface area contributed by atoms with Crippen molar-refractivity contribution in [1.82, 2.24) is 15.0 Å². The molecule has 1 amide bonds. The number of fused-ring (bicyclic) bond motifs is 1. The number of ether oxygens (including phenoxy) is 1. The Labute approximate surface area is 206 Å². The normalized spacial score (nSPS) is 14.5. The summed E-state index contributed by atoms with van der Waals surface area (Å²) in [4.78, 5) is 22.5. The molecule has 0 atom stereocenters. The van der Waals surface area contributed by atoms with Gasteiger partial charge >= 0.3 is 0 Å². The Morgan fingerprint density at radius 3 is 2.74 bits per heavy atom. The molecule has 2 aromatic heterocycles. The number of hydrogen-bond donors (Lipinski definition) is 0. The smallest absolute Gasteiger partial charge is 0.282 e. The lowest BCUT2D eigenvalue weighted by molar-refractivity contribution is 0.0376. The van der Waals surface area contributed by atoms with Crippen molar-refractivity contribution in [2.24, 2.45) is 0 Å². The number of benzene rings is 2. The molecule has 0 saturated carbocycles. The topological polar surface area (TPSA) is 71.7 Å². The Bertz CT molecular complexity index is 1250. The third-order valence-electron chi connectivity index (χ3n) is 5.91. The van der Waals surface area contributed by atoms with E-state index in [4.69, 9.17) is 25.8 Å². The van der Waals surface area contributed by atoms with Crippen molar-refractivity contribution in [2.75, 3.05) is 44.3 Å². The molecule has 0 unspecified atom stereocenters. The maximum atomic E-state index is 13.6. The number of anilines is 1. The monoisotopic (exact) mass is 496 g/mol. The van der Waals surface area contributed by atoms with Gasteiger partial charge in [0, 0.05) is 37.8 Å². The Morgan fingerprint density at radius 2 is 1.97 bits per heavy atom. The molecule has 0 N–H and O–H groups in total. The molecular formula is C25H25ClN4O3S. The van der Waals surface area contributed by atoms with E-state index in [2.05, 4.69) is 10.1 Å². The Morgan fingerprint density at radius 1 is 1.18 bits per heavy atom. The first-order chi connectivity index (χ1) is 16.6. The SMILES string of the molecule is Cc1ccc(Cl)c2sc(N(CCCN3CCOCC3)C(=O)c3cc(-c4ccccc4)on3)nc12. The van der Waals surface area contributed by atoms with Gasteiger partial charge in [0.15, 0.2) is 16.6 Å². The van der Waals surface area contributed by atoms with Gasteiger partial charge in [0.25, 0.3) is 5.91 Å². The van der Waals surface area contributed by atoms with Crippen LogP contribution in [0.3, 0.4) is 0 Å². The van der Waals surface area contributed by atoms with Crippen LogP contribution in [0.5, 0.6) is 0 Å². The van der Waals surface area contributed by atoms with Crippen molar-refractivity contribution in [3.63, 3.8) is 0 Å². The van der Waals surface area contributed by atoms with Gasteiger partial charge in [-0.15, -0.1) is 0 Å². The number of hydrogen-bond acceptors (Lipinski definition) is 7. The molecule has 1 fully saturated rings. The Hall–Kier alpha value is -2.78. The number of aromatic nitrogens is 2. The van der Waals surface area contributed by atoms with Crippen LogP contribution in [0.2, 0.25) is 5.02 Å². The molecule has 34 heavy (non-hydrogen) atoms. The molecule has 7 nitrogen and oxygen atoms in total. The first kappa shape index (κ1) is 23.0. The van der Waals surface area contributed by atoms with E-state index >= 15 is 0 Å². The second kappa shape index (κ2) is 10.2. The van der Waals surface area contributed by atoms with Gasteiger partial charge in [-0.25, -0.2) is 4.98 Å². The van der Waals surface area contributed by atoms with E-state index in [0.29, 0.717) is 22.5 Å². The van der Waals surface area contributed by atoms with E-state index in [0.717, 1.165) is 60.6 Å². The van der Waals surface area contributed by atoms with Crippen molar-refractivity contribution in [3.8, 4) is 11.3 Å². The molecule has 5 rings (SSSR count). The number of amides is 1. The van der Waals surface area contributed by atoms with E-state index < -0.39 is 0 Å². The van der Waals surface area contributed by atoms with E-state index in [1.54, 1.807) is 11.0 Å². The molecule has 0 bridgehead atoms. The van der Waals surface area contributed by atoms with Crippen LogP contribution in [-0.2, 0) is 4.74 Å². The Balaban J connectivity index is 1.42. The van der Waals surface area contributed by atoms with Gasteiger partial charge in [0.1, 0.15) is 0 Å². The largest absolute Gasteiger partial charge is 0.379 e. The first-order valence-electron chi connectivity index (χ1n) is 11.3. The summed E-state index contributed by atoms with van der Waals surface area (Å²) in [6.07, 6.45) is 0.803. The second-order valence-electron chi connectivity index (χ2n) is 8.25. The van der Waals surface area contributed by atoms with Gasteiger partial charge in [-0.2, -0.15) is 0 Å². The highest BCUT2D eigenvalue weighted by Gasteiger charge is 2.25. The van der Waals surface area contributed by atoms with Gasteiger partial charge in [-0.3, -0.25) is 14.6 Å². The predicted molar refractivity (Wildman–Crippen MR) is 135 cm³/mol. The molecule has 9 heteroatoms. The lowest BCUT2D eigenvalue weighted by Gasteiger charge is -2.27. The number of halogens is 1. The van der Waals surface area contributed by atoms with Gasteiger partial charge in [0.2, 0.25) is 0 Å². The zero-order valence-corrected chi connectivity index (χ0v) is 20.4. The third-order valence-corrected chi connectivity index (χ3v) is 7.45. The summed E-state index contributed by atoms with van der Waals surface area (Å²) in [5.74, 6) is 0.321. The molecule has 0 aliphatic carbocycles. The minimum Gasteiger partial charge on any atom is -0.379 e. The van der Waals surface area contributed by atoms with Gasteiger partial charge < -0.3 is 9.26 Å². The van der Waals surface area contributed by atoms with Crippen LogP contribution in [-0.4, -0.2) is 60.3 Å². The fourth-order valence-electron chi connectivity index (χ4n) is 4.02. The Kier molecular flexibility index (Phi) is 6.92. The van der Waals surface area contributed by atoms with E-state index in [1.807, 2.05) is 49.4 Å². The summed E-state index contributed by atoms with van der Waals surface area (Å²) in [6.45, 7) is 6.71. The molecule has 1 saturated heterocycles. The molecule has 1 aliphatic heterocycles. The molecule has 4 aromatic rings. The van der Waals surface area contributed by atoms with E-state index in [9.17, 15) is 4.79 Å². The van der Waals surface area contributed by atoms with Crippen molar-refractivity contribution < 1.29 is 14.1 Å². The van der Waals surface area contributed by atoms with Crippen LogP contribution >= 0.6 is 22.9 Å². The van der Waals surface area contributed by atoms with Crippen LogP contribution in [0.4, 0.5) is 5.13 Å². The fraction of sp³-hybridized carbons (Fsp3) is 0.320. The molecule has 1 aliphatic rings. The summed E-state index contributed by atoms with van der Waals surface area (Å²) < 4.78 is 11.8. The summed E-state index contributed by atoms with van der Waals surface area (Å²) in [7, 11) is 0. The van der Waals surface area contributed by atoms with Crippen LogP contribution < -0.4 is 4.90 Å². The molecule has 2 aromatic carbocycles. The molecule has 0 spiro atoms. The number of morpholine rings is 1. The van der Waals surface area contributed by atoms with Gasteiger partial charge in [-0.1, -0.05) is 64.5 Å². The van der Waals surface area contributed by atoms with Crippen LogP contribution in [0.25, 0.3) is 21.5 Å². The maximum absolute atomic E-state index is 13.6. The number of rotatable bonds is 7. The number of carbonyl (C=O) groups is 1.